The van der Waals surface area contributed by atoms with Gasteiger partial charge in [0.1, 0.15) is 0 Å². The van der Waals surface area contributed by atoms with Crippen molar-refractivity contribution in [2.24, 2.45) is 0 Å². The van der Waals surface area contributed by atoms with E-state index in [2.05, 4.69) is 50.4 Å². The first-order chi connectivity index (χ1) is 9.08. The second-order valence-electron chi connectivity index (χ2n) is 6.03. The van der Waals surface area contributed by atoms with Gasteiger partial charge in [0.2, 0.25) is 0 Å². The van der Waals surface area contributed by atoms with Gasteiger partial charge in [0, 0.05) is 12.6 Å². The molecule has 1 saturated carbocycles. The third kappa shape index (κ3) is 3.37. The molecule has 2 nitrogen and oxygen atoms in total. The number of hydrogen-bond donors (Lipinski definition) is 2. The Balaban J connectivity index is 1.80. The van der Waals surface area contributed by atoms with E-state index in [4.69, 9.17) is 0 Å². The Morgan fingerprint density at radius 3 is 2.42 bits per heavy atom. The molecule has 2 rings (SSSR count). The molecule has 106 valence electrons. The van der Waals surface area contributed by atoms with Gasteiger partial charge in [0.25, 0.3) is 0 Å². The second-order valence-corrected chi connectivity index (χ2v) is 6.03. The van der Waals surface area contributed by atoms with Gasteiger partial charge in [-0.15, -0.1) is 0 Å². The fourth-order valence-electron chi connectivity index (χ4n) is 2.92. The number of hydrogen-bond acceptors (Lipinski definition) is 2. The monoisotopic (exact) mass is 261 g/mol. The van der Waals surface area contributed by atoms with Crippen molar-refractivity contribution in [1.82, 2.24) is 5.32 Å². The van der Waals surface area contributed by atoms with E-state index in [-0.39, 0.29) is 0 Å². The molecule has 1 aromatic carbocycles. The summed E-state index contributed by atoms with van der Waals surface area (Å²) in [7, 11) is 0. The number of benzene rings is 1. The van der Waals surface area contributed by atoms with Crippen molar-refractivity contribution in [3.05, 3.63) is 35.4 Å². The van der Waals surface area contributed by atoms with E-state index in [1.807, 2.05) is 0 Å². The summed E-state index contributed by atoms with van der Waals surface area (Å²) in [6.07, 6.45) is 4.05. The maximum atomic E-state index is 10.3. The molecule has 0 unspecified atom stereocenters. The quantitative estimate of drug-likeness (QED) is 0.823. The van der Waals surface area contributed by atoms with Gasteiger partial charge < -0.3 is 10.4 Å². The Morgan fingerprint density at radius 2 is 1.84 bits per heavy atom. The molecule has 0 radical (unpaired) electrons. The third-order valence-corrected chi connectivity index (χ3v) is 4.80. The topological polar surface area (TPSA) is 32.3 Å². The van der Waals surface area contributed by atoms with Crippen LogP contribution >= 0.6 is 0 Å². The highest BCUT2D eigenvalue weighted by atomic mass is 16.3. The van der Waals surface area contributed by atoms with Crippen LogP contribution in [0.25, 0.3) is 0 Å². The first kappa shape index (κ1) is 14.5. The van der Waals surface area contributed by atoms with Gasteiger partial charge in [-0.25, -0.2) is 0 Å². The Kier molecular flexibility index (Phi) is 4.64. The van der Waals surface area contributed by atoms with Crippen LogP contribution in [-0.4, -0.2) is 23.3 Å². The number of aliphatic hydroxyl groups is 1. The van der Waals surface area contributed by atoms with Crippen LogP contribution in [0.15, 0.2) is 24.3 Å². The van der Waals surface area contributed by atoms with Crippen molar-refractivity contribution >= 4 is 0 Å². The number of nitrogens with one attached hydrogen (secondary N) is 1. The fourth-order valence-corrected chi connectivity index (χ4v) is 2.92. The van der Waals surface area contributed by atoms with Crippen LogP contribution in [0, 0.1) is 6.92 Å². The lowest BCUT2D eigenvalue weighted by molar-refractivity contribution is 0.0261. The molecule has 1 aromatic rings. The number of rotatable bonds is 6. The van der Waals surface area contributed by atoms with E-state index in [9.17, 15) is 5.11 Å². The van der Waals surface area contributed by atoms with Crippen molar-refractivity contribution in [2.75, 3.05) is 6.54 Å². The van der Waals surface area contributed by atoms with Crippen molar-refractivity contribution < 1.29 is 5.11 Å². The molecular weight excluding hydrogens is 234 g/mol. The lowest BCUT2D eigenvalue weighted by atomic mass is 9.74. The molecule has 0 bridgehead atoms. The summed E-state index contributed by atoms with van der Waals surface area (Å²) in [6, 6.07) is 9.27. The average Bonchev–Trinajstić information content (AvgIpc) is 2.38. The molecule has 0 spiro atoms. The van der Waals surface area contributed by atoms with E-state index in [0.29, 0.717) is 12.0 Å². The summed E-state index contributed by atoms with van der Waals surface area (Å²) in [5.74, 6) is 0.704. The van der Waals surface area contributed by atoms with Crippen LogP contribution in [0.2, 0.25) is 0 Å². The highest BCUT2D eigenvalue weighted by molar-refractivity contribution is 5.31. The van der Waals surface area contributed by atoms with Crippen molar-refractivity contribution in [2.45, 2.75) is 64.0 Å². The van der Waals surface area contributed by atoms with Gasteiger partial charge in [-0.1, -0.05) is 38.1 Å². The maximum absolute atomic E-state index is 10.3. The zero-order valence-electron chi connectivity index (χ0n) is 12.4. The van der Waals surface area contributed by atoms with E-state index >= 15 is 0 Å². The highest BCUT2D eigenvalue weighted by Gasteiger charge is 2.32. The summed E-state index contributed by atoms with van der Waals surface area (Å²) < 4.78 is 0. The smallest absolute Gasteiger partial charge is 0.0766 e. The molecule has 0 heterocycles. The average molecular weight is 261 g/mol. The Bertz CT molecular complexity index is 405. The zero-order valence-corrected chi connectivity index (χ0v) is 12.4. The molecule has 0 atom stereocenters. The van der Waals surface area contributed by atoms with Crippen molar-refractivity contribution in [3.8, 4) is 0 Å². The third-order valence-electron chi connectivity index (χ3n) is 4.80. The molecule has 0 amide bonds. The molecule has 0 aromatic heterocycles. The minimum atomic E-state index is -0.520. The molecule has 2 N–H and O–H groups in total. The van der Waals surface area contributed by atoms with Gasteiger partial charge in [-0.05, 0) is 49.7 Å². The number of aryl methyl sites for hydroxylation is 1. The van der Waals surface area contributed by atoms with Crippen LogP contribution in [0.1, 0.15) is 56.6 Å². The minimum Gasteiger partial charge on any atom is -0.389 e. The second kappa shape index (κ2) is 6.06. The van der Waals surface area contributed by atoms with E-state index in [1.54, 1.807) is 0 Å². The Morgan fingerprint density at radius 1 is 1.21 bits per heavy atom. The Labute approximate surface area is 117 Å². The molecular formula is C17H27NO. The van der Waals surface area contributed by atoms with Gasteiger partial charge in [-0.2, -0.15) is 0 Å². The largest absolute Gasteiger partial charge is 0.389 e. The lowest BCUT2D eigenvalue weighted by Crippen LogP contribution is -2.48. The SMILES string of the molecule is CCC(O)(CC)CNC1CC(c2ccccc2C)C1. The van der Waals surface area contributed by atoms with E-state index < -0.39 is 5.60 Å². The highest BCUT2D eigenvalue weighted by Crippen LogP contribution is 2.38. The fraction of sp³-hybridized carbons (Fsp3) is 0.647. The summed E-state index contributed by atoms with van der Waals surface area (Å²) >= 11 is 0. The zero-order chi connectivity index (χ0) is 13.9. The summed E-state index contributed by atoms with van der Waals surface area (Å²) in [4.78, 5) is 0. The first-order valence-electron chi connectivity index (χ1n) is 7.59. The van der Waals surface area contributed by atoms with Crippen molar-refractivity contribution in [1.29, 1.82) is 0 Å². The van der Waals surface area contributed by atoms with E-state index in [0.717, 1.165) is 19.4 Å². The normalized spacial score (nSPS) is 23.2. The summed E-state index contributed by atoms with van der Waals surface area (Å²) in [5, 5.41) is 13.8. The molecule has 1 aliphatic rings. The van der Waals surface area contributed by atoms with Gasteiger partial charge in [-0.3, -0.25) is 0 Å². The van der Waals surface area contributed by atoms with Crippen LogP contribution in [0.5, 0.6) is 0 Å². The lowest BCUT2D eigenvalue weighted by Gasteiger charge is -2.39. The predicted molar refractivity (Wildman–Crippen MR) is 80.5 cm³/mol. The van der Waals surface area contributed by atoms with E-state index in [1.165, 1.54) is 24.0 Å². The molecule has 0 aliphatic heterocycles. The summed E-state index contributed by atoms with van der Waals surface area (Å²) in [6.45, 7) is 7.04. The van der Waals surface area contributed by atoms with Crippen LogP contribution in [-0.2, 0) is 0 Å². The van der Waals surface area contributed by atoms with Crippen LogP contribution in [0.3, 0.4) is 0 Å². The standard InChI is InChI=1S/C17H27NO/c1-4-17(19,5-2)12-18-15-10-14(11-15)16-9-7-6-8-13(16)3/h6-9,14-15,18-19H,4-5,10-12H2,1-3H3. The predicted octanol–water partition coefficient (Wildman–Crippen LogP) is 3.38. The van der Waals surface area contributed by atoms with Gasteiger partial charge in [0.15, 0.2) is 0 Å². The maximum Gasteiger partial charge on any atom is 0.0766 e. The molecule has 2 heteroatoms. The van der Waals surface area contributed by atoms with Gasteiger partial charge >= 0.3 is 0 Å². The van der Waals surface area contributed by atoms with Crippen molar-refractivity contribution in [3.63, 3.8) is 0 Å². The van der Waals surface area contributed by atoms with Crippen LogP contribution in [0.4, 0.5) is 0 Å². The summed E-state index contributed by atoms with van der Waals surface area (Å²) in [5.41, 5.74) is 2.39. The molecule has 1 aliphatic carbocycles. The molecule has 19 heavy (non-hydrogen) atoms. The van der Waals surface area contributed by atoms with Crippen LogP contribution < -0.4 is 5.32 Å². The first-order valence-corrected chi connectivity index (χ1v) is 7.59. The minimum absolute atomic E-state index is 0.520. The van der Waals surface area contributed by atoms with Gasteiger partial charge in [0.05, 0.1) is 5.60 Å². The molecule has 1 fully saturated rings. The molecule has 0 saturated heterocycles. The Hall–Kier alpha value is -0.860.